The number of ketones is 1. The predicted molar refractivity (Wildman–Crippen MR) is 126 cm³/mol. The first-order valence-corrected chi connectivity index (χ1v) is 11.2. The summed E-state index contributed by atoms with van der Waals surface area (Å²) in [6.07, 6.45) is 0.842. The molecule has 1 aliphatic heterocycles. The normalized spacial score (nSPS) is 20.0. The van der Waals surface area contributed by atoms with Gasteiger partial charge in [-0.3, -0.25) is 24.6 Å². The lowest BCUT2D eigenvalue weighted by Gasteiger charge is -2.42. The third-order valence-electron chi connectivity index (χ3n) is 6.11. The summed E-state index contributed by atoms with van der Waals surface area (Å²) >= 11 is 6.04. The van der Waals surface area contributed by atoms with E-state index < -0.39 is 10.8 Å². The van der Waals surface area contributed by atoms with Gasteiger partial charge in [-0.15, -0.1) is 0 Å². The van der Waals surface area contributed by atoms with Crippen molar-refractivity contribution in [2.75, 3.05) is 11.5 Å². The Kier molecular flexibility index (Phi) is 6.01. The summed E-state index contributed by atoms with van der Waals surface area (Å²) < 4.78 is 5.42. The number of rotatable bonds is 5. The van der Waals surface area contributed by atoms with Crippen molar-refractivity contribution in [2.24, 2.45) is 5.41 Å². The second kappa shape index (κ2) is 8.63. The molecule has 8 heteroatoms. The number of nitro benzene ring substituents is 1. The van der Waals surface area contributed by atoms with Crippen LogP contribution in [-0.4, -0.2) is 23.2 Å². The molecule has 2 aromatic rings. The summed E-state index contributed by atoms with van der Waals surface area (Å²) in [5.74, 6) is -0.379. The molecule has 0 N–H and O–H groups in total. The van der Waals surface area contributed by atoms with Gasteiger partial charge >= 0.3 is 0 Å². The number of anilines is 1. The van der Waals surface area contributed by atoms with E-state index >= 15 is 0 Å². The zero-order chi connectivity index (χ0) is 23.9. The molecular weight excluding hydrogens is 444 g/mol. The molecule has 0 radical (unpaired) electrons. The lowest BCUT2D eigenvalue weighted by molar-refractivity contribution is -0.384. The van der Waals surface area contributed by atoms with E-state index in [0.29, 0.717) is 41.5 Å². The summed E-state index contributed by atoms with van der Waals surface area (Å²) in [5, 5.41) is 12.5. The van der Waals surface area contributed by atoms with Crippen LogP contribution in [0.1, 0.15) is 51.5 Å². The number of nitrogens with zero attached hydrogens (tertiary/aromatic N) is 2. The summed E-state index contributed by atoms with van der Waals surface area (Å²) in [6.45, 7) is 6.09. The van der Waals surface area contributed by atoms with Gasteiger partial charge in [0.2, 0.25) is 5.91 Å². The summed E-state index contributed by atoms with van der Waals surface area (Å²) in [5.41, 5.74) is 1.47. The highest BCUT2D eigenvalue weighted by atomic mass is 35.5. The van der Waals surface area contributed by atoms with Crippen LogP contribution in [-0.2, 0) is 9.59 Å². The van der Waals surface area contributed by atoms with Gasteiger partial charge in [-0.25, -0.2) is 0 Å². The molecule has 1 unspecified atom stereocenters. The first-order valence-electron chi connectivity index (χ1n) is 10.9. The van der Waals surface area contributed by atoms with E-state index in [-0.39, 0.29) is 34.9 Å². The summed E-state index contributed by atoms with van der Waals surface area (Å²) in [7, 11) is 0. The van der Waals surface area contributed by atoms with Gasteiger partial charge in [0.1, 0.15) is 11.4 Å². The number of halogens is 1. The maximum absolute atomic E-state index is 13.5. The number of allylic oxidation sites excluding steroid dienone is 2. The minimum Gasteiger partial charge on any atom is -0.494 e. The summed E-state index contributed by atoms with van der Waals surface area (Å²) in [6, 6.07) is 11.6. The number of benzene rings is 2. The topological polar surface area (TPSA) is 89.8 Å². The Balaban J connectivity index is 1.91. The van der Waals surface area contributed by atoms with Crippen molar-refractivity contribution < 1.29 is 19.2 Å². The Hall–Kier alpha value is -3.19. The second-order valence-electron chi connectivity index (χ2n) is 9.18. The van der Waals surface area contributed by atoms with E-state index in [9.17, 15) is 19.7 Å². The van der Waals surface area contributed by atoms with Crippen molar-refractivity contribution in [3.8, 4) is 5.75 Å². The van der Waals surface area contributed by atoms with E-state index in [0.717, 1.165) is 5.56 Å². The molecule has 1 atom stereocenters. The first-order chi connectivity index (χ1) is 15.6. The van der Waals surface area contributed by atoms with Crippen LogP contribution in [0.3, 0.4) is 0 Å². The van der Waals surface area contributed by atoms with Gasteiger partial charge in [-0.05, 0) is 48.6 Å². The molecule has 1 amide bonds. The Labute approximate surface area is 197 Å². The highest BCUT2D eigenvalue weighted by Crippen LogP contribution is 2.49. The molecule has 1 aliphatic carbocycles. The molecule has 2 aliphatic rings. The van der Waals surface area contributed by atoms with Crippen LogP contribution in [0.25, 0.3) is 0 Å². The Morgan fingerprint density at radius 1 is 1.15 bits per heavy atom. The molecule has 2 aromatic carbocycles. The van der Waals surface area contributed by atoms with Crippen molar-refractivity contribution in [1.82, 2.24) is 0 Å². The lowest BCUT2D eigenvalue weighted by Crippen LogP contribution is -2.44. The predicted octanol–water partition coefficient (Wildman–Crippen LogP) is 5.81. The molecule has 0 bridgehead atoms. The van der Waals surface area contributed by atoms with E-state index in [1.54, 1.807) is 25.1 Å². The molecule has 0 spiro atoms. The van der Waals surface area contributed by atoms with Gasteiger partial charge in [0, 0.05) is 35.1 Å². The van der Waals surface area contributed by atoms with E-state index in [4.69, 9.17) is 16.3 Å². The molecule has 7 nitrogen and oxygen atoms in total. The lowest BCUT2D eigenvalue weighted by atomic mass is 9.69. The van der Waals surface area contributed by atoms with Crippen LogP contribution in [0.4, 0.5) is 11.4 Å². The molecular formula is C25H25ClN2O5. The van der Waals surface area contributed by atoms with Crippen molar-refractivity contribution >= 4 is 34.7 Å². The van der Waals surface area contributed by atoms with Crippen molar-refractivity contribution in [3.05, 3.63) is 74.4 Å². The zero-order valence-electron chi connectivity index (χ0n) is 18.8. The highest BCUT2D eigenvalue weighted by molar-refractivity contribution is 6.30. The minimum atomic E-state index is -0.521. The van der Waals surface area contributed by atoms with E-state index in [2.05, 4.69) is 0 Å². The number of carbonyl (C=O) groups excluding carboxylic acids is 2. The van der Waals surface area contributed by atoms with Crippen LogP contribution in [0.5, 0.6) is 5.75 Å². The van der Waals surface area contributed by atoms with Crippen LogP contribution >= 0.6 is 11.6 Å². The molecule has 0 saturated heterocycles. The molecule has 0 fully saturated rings. The zero-order valence-corrected chi connectivity index (χ0v) is 19.5. The maximum Gasteiger partial charge on any atom is 0.297 e. The SMILES string of the molecule is CCOc1ccc(N2C(=O)CC(c3ccc(Cl)cc3)C3=C2CC(C)(C)CC3=O)c([N+](=O)[O-])c1. The summed E-state index contributed by atoms with van der Waals surface area (Å²) in [4.78, 5) is 39.6. The standard InChI is InChI=1S/C25H25ClN2O5/c1-4-33-17-9-10-19(20(11-17)28(31)32)27-21-13-25(2,3)14-22(29)24(21)18(12-23(27)30)15-5-7-16(26)8-6-15/h5-11,18H,4,12-14H2,1-3H3. The smallest absolute Gasteiger partial charge is 0.297 e. The molecule has 172 valence electrons. The Morgan fingerprint density at radius 3 is 2.48 bits per heavy atom. The monoisotopic (exact) mass is 468 g/mol. The van der Waals surface area contributed by atoms with Crippen molar-refractivity contribution in [2.45, 2.75) is 46.0 Å². The molecule has 0 saturated carbocycles. The minimum absolute atomic E-state index is 0.0349. The number of ether oxygens (including phenoxy) is 1. The number of amides is 1. The maximum atomic E-state index is 13.5. The fourth-order valence-corrected chi connectivity index (χ4v) is 4.90. The number of nitro groups is 1. The molecule has 0 aromatic heterocycles. The van der Waals surface area contributed by atoms with Crippen LogP contribution < -0.4 is 9.64 Å². The molecule has 4 rings (SSSR count). The quantitative estimate of drug-likeness (QED) is 0.408. The van der Waals surface area contributed by atoms with Crippen LogP contribution in [0.2, 0.25) is 5.02 Å². The third kappa shape index (κ3) is 4.37. The van der Waals surface area contributed by atoms with Gasteiger partial charge in [0.05, 0.1) is 17.6 Å². The Bertz CT molecular complexity index is 1170. The number of hydrogen-bond donors (Lipinski definition) is 0. The number of Topliss-reactive ketones (excluding diaryl/α,β-unsaturated/α-hetero) is 1. The second-order valence-corrected chi connectivity index (χ2v) is 9.62. The van der Waals surface area contributed by atoms with Crippen LogP contribution in [0.15, 0.2) is 53.7 Å². The third-order valence-corrected chi connectivity index (χ3v) is 6.36. The van der Waals surface area contributed by atoms with E-state index in [1.165, 1.54) is 17.0 Å². The van der Waals surface area contributed by atoms with Gasteiger partial charge < -0.3 is 4.74 Å². The fraction of sp³-hybridized carbons (Fsp3) is 0.360. The van der Waals surface area contributed by atoms with Gasteiger partial charge in [-0.1, -0.05) is 37.6 Å². The van der Waals surface area contributed by atoms with Crippen LogP contribution in [0, 0.1) is 15.5 Å². The largest absolute Gasteiger partial charge is 0.494 e. The number of carbonyl (C=O) groups is 2. The number of hydrogen-bond acceptors (Lipinski definition) is 5. The van der Waals surface area contributed by atoms with E-state index in [1.807, 2.05) is 26.0 Å². The highest BCUT2D eigenvalue weighted by Gasteiger charge is 2.45. The van der Waals surface area contributed by atoms with Gasteiger partial charge in [0.15, 0.2) is 5.78 Å². The van der Waals surface area contributed by atoms with Gasteiger partial charge in [-0.2, -0.15) is 0 Å². The fourth-order valence-electron chi connectivity index (χ4n) is 4.77. The molecule has 1 heterocycles. The van der Waals surface area contributed by atoms with Crippen molar-refractivity contribution in [3.63, 3.8) is 0 Å². The first kappa shape index (κ1) is 23.0. The molecule has 33 heavy (non-hydrogen) atoms. The Morgan fingerprint density at radius 2 is 1.85 bits per heavy atom. The average Bonchev–Trinajstić information content (AvgIpc) is 2.73. The van der Waals surface area contributed by atoms with Crippen molar-refractivity contribution in [1.29, 1.82) is 0 Å². The van der Waals surface area contributed by atoms with Gasteiger partial charge in [0.25, 0.3) is 5.69 Å². The average molecular weight is 469 g/mol.